The Kier molecular flexibility index (Phi) is 6.62. The molecular weight excluding hydrogens is 332 g/mol. The highest BCUT2D eigenvalue weighted by Gasteiger charge is 2.32. The maximum absolute atomic E-state index is 12.4. The Bertz CT molecular complexity index is 624. The first-order chi connectivity index (χ1) is 11.6. The van der Waals surface area contributed by atoms with Crippen molar-refractivity contribution in [3.05, 3.63) is 48.9 Å². The fourth-order valence-electron chi connectivity index (χ4n) is 2.60. The van der Waals surface area contributed by atoms with Gasteiger partial charge in [-0.25, -0.2) is 8.42 Å². The highest BCUT2D eigenvalue weighted by molar-refractivity contribution is 7.70. The van der Waals surface area contributed by atoms with Gasteiger partial charge in [0.15, 0.2) is 0 Å². The smallest absolute Gasteiger partial charge is 0.226 e. The van der Waals surface area contributed by atoms with E-state index >= 15 is 0 Å². The Morgan fingerprint density at radius 3 is 2.46 bits per heavy atom. The lowest BCUT2D eigenvalue weighted by atomic mass is 10.1. The van der Waals surface area contributed by atoms with E-state index in [4.69, 9.17) is 9.47 Å². The summed E-state index contributed by atoms with van der Waals surface area (Å²) in [5, 5.41) is 0. The predicted molar refractivity (Wildman–Crippen MR) is 90.5 cm³/mol. The second-order valence-corrected chi connectivity index (χ2v) is 6.27. The van der Waals surface area contributed by atoms with Crippen LogP contribution in [-0.2, 0) is 25.2 Å². The maximum Gasteiger partial charge on any atom is 0.226 e. The molecule has 0 aromatic carbocycles. The quantitative estimate of drug-likeness (QED) is 0.732. The van der Waals surface area contributed by atoms with Gasteiger partial charge in [-0.05, 0) is 12.2 Å². The van der Waals surface area contributed by atoms with Crippen LogP contribution in [0.4, 0.5) is 0 Å². The summed E-state index contributed by atoms with van der Waals surface area (Å²) in [4.78, 5) is 14.1. The van der Waals surface area contributed by atoms with Crippen molar-refractivity contribution in [2.45, 2.75) is 12.5 Å². The first kappa shape index (κ1) is 18.3. The number of thiol groups is 1. The molecular formula is C16H22N2O5S. The van der Waals surface area contributed by atoms with Crippen LogP contribution in [0.15, 0.2) is 48.9 Å². The summed E-state index contributed by atoms with van der Waals surface area (Å²) >= 11 is 0. The highest BCUT2D eigenvalue weighted by Crippen LogP contribution is 2.27. The van der Waals surface area contributed by atoms with Gasteiger partial charge in [-0.2, -0.15) is 0 Å². The van der Waals surface area contributed by atoms with Crippen molar-refractivity contribution < 1.29 is 22.7 Å². The lowest BCUT2D eigenvalue weighted by Gasteiger charge is -2.35. The molecule has 2 fully saturated rings. The van der Waals surface area contributed by atoms with Crippen LogP contribution >= 0.6 is 0 Å². The van der Waals surface area contributed by atoms with Gasteiger partial charge in [0.25, 0.3) is 0 Å². The predicted octanol–water partition coefficient (Wildman–Crippen LogP) is 0.602. The number of carbonyl (C=O) groups excluding carboxylic acids is 1. The highest BCUT2D eigenvalue weighted by atomic mass is 32.2. The lowest BCUT2D eigenvalue weighted by molar-refractivity contribution is -0.138. The van der Waals surface area contributed by atoms with Crippen LogP contribution in [0.3, 0.4) is 0 Å². The van der Waals surface area contributed by atoms with Gasteiger partial charge in [0.2, 0.25) is 16.8 Å². The minimum absolute atomic E-state index is 0.0709. The summed E-state index contributed by atoms with van der Waals surface area (Å²) in [5.74, 6) is 0.286. The summed E-state index contributed by atoms with van der Waals surface area (Å²) in [6.07, 6.45) is 5.68. The lowest BCUT2D eigenvalue weighted by Crippen LogP contribution is -2.45. The Morgan fingerprint density at radius 1 is 1.21 bits per heavy atom. The first-order valence-electron chi connectivity index (χ1n) is 7.66. The molecule has 0 spiro atoms. The molecule has 0 aromatic heterocycles. The van der Waals surface area contributed by atoms with E-state index in [1.807, 2.05) is 0 Å². The molecule has 0 aliphatic carbocycles. The number of nitrogens with zero attached hydrogens (tertiary/aromatic N) is 2. The minimum atomic E-state index is -2.86. The molecule has 2 saturated heterocycles. The van der Waals surface area contributed by atoms with E-state index in [1.54, 1.807) is 17.1 Å². The Balaban J connectivity index is 2.15. The van der Waals surface area contributed by atoms with Gasteiger partial charge < -0.3 is 14.4 Å². The third kappa shape index (κ3) is 4.48. The van der Waals surface area contributed by atoms with Gasteiger partial charge >= 0.3 is 0 Å². The molecule has 132 valence electrons. The van der Waals surface area contributed by atoms with Gasteiger partial charge in [-0.15, -0.1) is 0 Å². The molecule has 7 nitrogen and oxygen atoms in total. The van der Waals surface area contributed by atoms with Crippen molar-refractivity contribution in [2.24, 2.45) is 0 Å². The van der Waals surface area contributed by atoms with Crippen LogP contribution in [0.25, 0.3) is 0 Å². The van der Waals surface area contributed by atoms with Gasteiger partial charge in [0, 0.05) is 13.1 Å². The number of amides is 1. The molecule has 0 saturated carbocycles. The van der Waals surface area contributed by atoms with E-state index in [9.17, 15) is 13.2 Å². The normalized spacial score (nSPS) is 25.0. The average molecular weight is 354 g/mol. The van der Waals surface area contributed by atoms with E-state index in [0.29, 0.717) is 37.8 Å². The van der Waals surface area contributed by atoms with Crippen molar-refractivity contribution in [1.29, 1.82) is 0 Å². The number of carbonyl (C=O) groups is 1. The SMILES string of the molecule is C=C/C=C1/OC(CC(=O)N2CCOCC2)CN([SH](=O)=O)/C1=C/C=C. The summed E-state index contributed by atoms with van der Waals surface area (Å²) in [5.41, 5.74) is 0.385. The van der Waals surface area contributed by atoms with E-state index in [2.05, 4.69) is 13.2 Å². The number of hydrogen-bond acceptors (Lipinski definition) is 5. The Morgan fingerprint density at radius 2 is 1.88 bits per heavy atom. The Labute approximate surface area is 143 Å². The van der Waals surface area contributed by atoms with Crippen LogP contribution in [0.2, 0.25) is 0 Å². The summed E-state index contributed by atoms with van der Waals surface area (Å²) in [7, 11) is -2.86. The topological polar surface area (TPSA) is 76.2 Å². The van der Waals surface area contributed by atoms with Crippen molar-refractivity contribution in [3.8, 4) is 0 Å². The maximum atomic E-state index is 12.4. The summed E-state index contributed by atoms with van der Waals surface area (Å²) in [6, 6.07) is 0. The fraction of sp³-hybridized carbons (Fsp3) is 0.438. The van der Waals surface area contributed by atoms with Crippen molar-refractivity contribution in [1.82, 2.24) is 9.21 Å². The number of rotatable bonds is 5. The molecule has 2 aliphatic rings. The van der Waals surface area contributed by atoms with Crippen molar-refractivity contribution >= 4 is 16.8 Å². The second-order valence-electron chi connectivity index (χ2n) is 5.31. The van der Waals surface area contributed by atoms with Gasteiger partial charge in [0.1, 0.15) is 11.9 Å². The van der Waals surface area contributed by atoms with E-state index in [0.717, 1.165) is 0 Å². The van der Waals surface area contributed by atoms with E-state index in [1.165, 1.54) is 16.5 Å². The molecule has 1 unspecified atom stereocenters. The Hall–Kier alpha value is -2.06. The standard InChI is InChI=1S/C16H22N2O5S/c1-3-5-14-15(6-4-2)23-13(12-18(14)24(20)21)11-16(19)17-7-9-22-10-8-17/h3-6,13,24H,1-2,7-12H2/b14-5+,15-6+. The van der Waals surface area contributed by atoms with Crippen LogP contribution in [0.5, 0.6) is 0 Å². The summed E-state index contributed by atoms with van der Waals surface area (Å²) in [6.45, 7) is 9.41. The van der Waals surface area contributed by atoms with Crippen LogP contribution in [-0.4, -0.2) is 62.5 Å². The molecule has 0 N–H and O–H groups in total. The monoisotopic (exact) mass is 354 g/mol. The van der Waals surface area contributed by atoms with E-state index < -0.39 is 17.0 Å². The zero-order valence-electron chi connectivity index (χ0n) is 13.4. The second kappa shape index (κ2) is 8.70. The molecule has 8 heteroatoms. The fourth-order valence-corrected chi connectivity index (χ4v) is 3.26. The zero-order valence-corrected chi connectivity index (χ0v) is 14.3. The average Bonchev–Trinajstić information content (AvgIpc) is 2.57. The molecule has 2 aliphatic heterocycles. The van der Waals surface area contributed by atoms with E-state index in [-0.39, 0.29) is 18.9 Å². The molecule has 0 aromatic rings. The molecule has 1 amide bonds. The molecule has 2 rings (SSSR count). The summed E-state index contributed by atoms with van der Waals surface area (Å²) < 4.78 is 35.4. The minimum Gasteiger partial charge on any atom is -0.486 e. The zero-order chi connectivity index (χ0) is 17.5. The molecule has 0 bridgehead atoms. The van der Waals surface area contributed by atoms with Crippen LogP contribution in [0.1, 0.15) is 6.42 Å². The number of morpholine rings is 2. The number of hydrogen-bond donors (Lipinski definition) is 1. The molecule has 2 heterocycles. The van der Waals surface area contributed by atoms with Gasteiger partial charge in [-0.3, -0.25) is 9.10 Å². The third-order valence-corrected chi connectivity index (χ3v) is 4.48. The molecule has 1 atom stereocenters. The molecule has 0 radical (unpaired) electrons. The van der Waals surface area contributed by atoms with Crippen molar-refractivity contribution in [2.75, 3.05) is 32.8 Å². The van der Waals surface area contributed by atoms with Crippen LogP contribution < -0.4 is 0 Å². The largest absolute Gasteiger partial charge is 0.486 e. The number of ether oxygens (including phenoxy) is 2. The first-order valence-corrected chi connectivity index (χ1v) is 8.79. The van der Waals surface area contributed by atoms with Crippen molar-refractivity contribution in [3.63, 3.8) is 0 Å². The number of allylic oxidation sites excluding steroid dienone is 4. The van der Waals surface area contributed by atoms with Gasteiger partial charge in [0.05, 0.1) is 31.9 Å². The van der Waals surface area contributed by atoms with Gasteiger partial charge in [-0.1, -0.05) is 25.3 Å². The van der Waals surface area contributed by atoms with Crippen LogP contribution in [0, 0.1) is 0 Å². The molecule has 24 heavy (non-hydrogen) atoms. The third-order valence-electron chi connectivity index (χ3n) is 3.71.